The van der Waals surface area contributed by atoms with Gasteiger partial charge in [-0.25, -0.2) is 0 Å². The van der Waals surface area contributed by atoms with Gasteiger partial charge in [-0.05, 0) is 38.1 Å². The van der Waals surface area contributed by atoms with Crippen LogP contribution in [0.3, 0.4) is 0 Å². The number of morpholine rings is 1. The molecule has 25 heavy (non-hydrogen) atoms. The summed E-state index contributed by atoms with van der Waals surface area (Å²) >= 11 is 0. The molecule has 1 aromatic heterocycles. The lowest BCUT2D eigenvalue weighted by Gasteiger charge is -2.47. The van der Waals surface area contributed by atoms with Crippen LogP contribution in [0.1, 0.15) is 35.8 Å². The smallest absolute Gasteiger partial charge is 0.254 e. The molecule has 1 aromatic carbocycles. The minimum absolute atomic E-state index is 0.0422. The van der Waals surface area contributed by atoms with E-state index in [1.807, 2.05) is 49.1 Å². The van der Waals surface area contributed by atoms with Crippen LogP contribution >= 0.6 is 0 Å². The molecular formula is C20H24N2O3. The molecule has 0 N–H and O–H groups in total. The fourth-order valence-corrected chi connectivity index (χ4v) is 3.94. The Morgan fingerprint density at radius 2 is 2.04 bits per heavy atom. The van der Waals surface area contributed by atoms with Crippen molar-refractivity contribution in [1.82, 2.24) is 9.88 Å². The van der Waals surface area contributed by atoms with Gasteiger partial charge in [0.15, 0.2) is 0 Å². The summed E-state index contributed by atoms with van der Waals surface area (Å²) < 4.78 is 11.7. The van der Waals surface area contributed by atoms with E-state index >= 15 is 0 Å². The van der Waals surface area contributed by atoms with Crippen molar-refractivity contribution in [2.45, 2.75) is 38.4 Å². The van der Waals surface area contributed by atoms with E-state index < -0.39 is 0 Å². The highest BCUT2D eigenvalue weighted by molar-refractivity contribution is 5.98. The molecule has 5 nitrogen and oxygen atoms in total. The lowest BCUT2D eigenvalue weighted by atomic mass is 9.91. The minimum Gasteiger partial charge on any atom is -0.381 e. The zero-order valence-corrected chi connectivity index (χ0v) is 14.8. The minimum atomic E-state index is -0.249. The van der Waals surface area contributed by atoms with E-state index in [1.54, 1.807) is 0 Å². The van der Waals surface area contributed by atoms with Gasteiger partial charge in [0.2, 0.25) is 0 Å². The summed E-state index contributed by atoms with van der Waals surface area (Å²) in [5.74, 6) is 0.0727. The van der Waals surface area contributed by atoms with Crippen LogP contribution in [0.2, 0.25) is 0 Å². The van der Waals surface area contributed by atoms with E-state index in [1.165, 1.54) is 0 Å². The second-order valence-electron chi connectivity index (χ2n) is 7.27. The molecule has 1 amide bonds. The molecule has 2 aromatic rings. The van der Waals surface area contributed by atoms with Crippen molar-refractivity contribution in [2.75, 3.05) is 26.3 Å². The van der Waals surface area contributed by atoms with Crippen molar-refractivity contribution in [3.63, 3.8) is 0 Å². The summed E-state index contributed by atoms with van der Waals surface area (Å²) in [6, 6.07) is 9.76. The molecule has 1 atom stereocenters. The number of nitrogens with zero attached hydrogens (tertiary/aromatic N) is 2. The Bertz CT molecular complexity index is 799. The van der Waals surface area contributed by atoms with Gasteiger partial charge in [0.25, 0.3) is 5.91 Å². The maximum absolute atomic E-state index is 13.1. The second-order valence-corrected chi connectivity index (χ2v) is 7.27. The third-order valence-electron chi connectivity index (χ3n) is 5.17. The lowest BCUT2D eigenvalue weighted by molar-refractivity contribution is -0.176. The number of amides is 1. The van der Waals surface area contributed by atoms with Crippen LogP contribution in [-0.2, 0) is 9.47 Å². The first-order valence-electron chi connectivity index (χ1n) is 8.97. The first kappa shape index (κ1) is 16.5. The normalized spacial score (nSPS) is 23.1. The Morgan fingerprint density at radius 1 is 1.24 bits per heavy atom. The van der Waals surface area contributed by atoms with E-state index in [9.17, 15) is 4.79 Å². The maximum Gasteiger partial charge on any atom is 0.254 e. The van der Waals surface area contributed by atoms with E-state index in [2.05, 4.69) is 4.98 Å². The third-order valence-corrected chi connectivity index (χ3v) is 5.17. The third kappa shape index (κ3) is 3.26. The summed E-state index contributed by atoms with van der Waals surface area (Å²) in [7, 11) is 0. The topological polar surface area (TPSA) is 51.7 Å². The molecule has 4 rings (SSSR count). The number of pyridine rings is 1. The number of hydrogen-bond acceptors (Lipinski definition) is 4. The van der Waals surface area contributed by atoms with E-state index in [4.69, 9.17) is 9.47 Å². The molecule has 0 radical (unpaired) electrons. The summed E-state index contributed by atoms with van der Waals surface area (Å²) in [5.41, 5.74) is 2.37. The molecule has 0 saturated carbocycles. The highest BCUT2D eigenvalue weighted by Crippen LogP contribution is 2.32. The van der Waals surface area contributed by atoms with Crippen molar-refractivity contribution in [2.24, 2.45) is 0 Å². The van der Waals surface area contributed by atoms with Gasteiger partial charge in [0.05, 0.1) is 23.8 Å². The Kier molecular flexibility index (Phi) is 4.21. The zero-order valence-electron chi connectivity index (χ0n) is 14.8. The maximum atomic E-state index is 13.1. The molecule has 5 heteroatoms. The first-order chi connectivity index (χ1) is 12.0. The average Bonchev–Trinajstić information content (AvgIpc) is 2.60. The Labute approximate surface area is 147 Å². The van der Waals surface area contributed by atoms with Crippen LogP contribution in [0.25, 0.3) is 10.9 Å². The van der Waals surface area contributed by atoms with Crippen LogP contribution in [0, 0.1) is 6.92 Å². The number of hydrogen-bond donors (Lipinski definition) is 0. The van der Waals surface area contributed by atoms with Crippen molar-refractivity contribution >= 4 is 16.8 Å². The number of aryl methyl sites for hydroxylation is 1. The van der Waals surface area contributed by atoms with Gasteiger partial charge in [0.1, 0.15) is 0 Å². The highest BCUT2D eigenvalue weighted by Gasteiger charge is 2.42. The van der Waals surface area contributed by atoms with Crippen LogP contribution < -0.4 is 0 Å². The quantitative estimate of drug-likeness (QED) is 0.801. The Balaban J connectivity index is 1.60. The fraction of sp³-hybridized carbons (Fsp3) is 0.500. The molecule has 1 spiro atoms. The number of ether oxygens (including phenoxy) is 2. The Hall–Kier alpha value is -1.98. The van der Waals surface area contributed by atoms with Crippen LogP contribution in [-0.4, -0.2) is 53.8 Å². The van der Waals surface area contributed by atoms with Gasteiger partial charge < -0.3 is 14.4 Å². The average molecular weight is 340 g/mol. The van der Waals surface area contributed by atoms with E-state index in [0.29, 0.717) is 26.3 Å². The first-order valence-corrected chi connectivity index (χ1v) is 8.97. The number of carbonyl (C=O) groups excluding carboxylic acids is 1. The summed E-state index contributed by atoms with van der Waals surface area (Å²) in [6.07, 6.45) is 1.74. The summed E-state index contributed by atoms with van der Waals surface area (Å²) in [5, 5.41) is 0.999. The SMILES string of the molecule is Cc1ccc2cc(C(=O)N3CC(C)OC4(CCOCC4)C3)ccc2n1. The molecule has 2 fully saturated rings. The van der Waals surface area contributed by atoms with E-state index in [0.717, 1.165) is 35.0 Å². The van der Waals surface area contributed by atoms with Crippen LogP contribution in [0.5, 0.6) is 0 Å². The lowest BCUT2D eigenvalue weighted by Crippen LogP contribution is -2.58. The number of aromatic nitrogens is 1. The van der Waals surface area contributed by atoms with Crippen molar-refractivity contribution in [1.29, 1.82) is 0 Å². The van der Waals surface area contributed by atoms with Gasteiger partial charge in [-0.1, -0.05) is 6.07 Å². The van der Waals surface area contributed by atoms with Crippen molar-refractivity contribution in [3.05, 3.63) is 41.6 Å². The second kappa shape index (κ2) is 6.39. The molecular weight excluding hydrogens is 316 g/mol. The number of carbonyl (C=O) groups is 1. The predicted octanol–water partition coefficient (Wildman–Crippen LogP) is 2.95. The summed E-state index contributed by atoms with van der Waals surface area (Å²) in [6.45, 7) is 6.70. The highest BCUT2D eigenvalue weighted by atomic mass is 16.5. The van der Waals surface area contributed by atoms with Gasteiger partial charge in [-0.2, -0.15) is 0 Å². The predicted molar refractivity (Wildman–Crippen MR) is 95.7 cm³/mol. The zero-order chi connectivity index (χ0) is 17.4. The van der Waals surface area contributed by atoms with E-state index in [-0.39, 0.29) is 17.6 Å². The largest absolute Gasteiger partial charge is 0.381 e. The molecule has 2 aliphatic rings. The van der Waals surface area contributed by atoms with Crippen molar-refractivity contribution < 1.29 is 14.3 Å². The van der Waals surface area contributed by atoms with Crippen LogP contribution in [0.4, 0.5) is 0 Å². The number of benzene rings is 1. The molecule has 0 bridgehead atoms. The standard InChI is InChI=1S/C20H24N2O3/c1-14-3-4-16-11-17(5-6-18(16)21-14)19(23)22-12-15(2)25-20(13-22)7-9-24-10-8-20/h3-6,11,15H,7-10,12-13H2,1-2H3. The monoisotopic (exact) mass is 340 g/mol. The Morgan fingerprint density at radius 3 is 2.84 bits per heavy atom. The molecule has 2 saturated heterocycles. The van der Waals surface area contributed by atoms with Gasteiger partial charge in [-0.15, -0.1) is 0 Å². The molecule has 2 aliphatic heterocycles. The van der Waals surface area contributed by atoms with Gasteiger partial charge in [-0.3, -0.25) is 9.78 Å². The van der Waals surface area contributed by atoms with Gasteiger partial charge in [0, 0.05) is 49.2 Å². The van der Waals surface area contributed by atoms with Gasteiger partial charge >= 0.3 is 0 Å². The van der Waals surface area contributed by atoms with Crippen LogP contribution in [0.15, 0.2) is 30.3 Å². The molecule has 1 unspecified atom stereocenters. The summed E-state index contributed by atoms with van der Waals surface area (Å²) in [4.78, 5) is 19.6. The fourth-order valence-electron chi connectivity index (χ4n) is 3.94. The number of fused-ring (bicyclic) bond motifs is 1. The number of rotatable bonds is 1. The van der Waals surface area contributed by atoms with Crippen molar-refractivity contribution in [3.8, 4) is 0 Å². The molecule has 0 aliphatic carbocycles. The molecule has 132 valence electrons. The molecule has 3 heterocycles.